The number of nitrogens with one attached hydrogen (secondary N) is 1. The molecule has 0 radical (unpaired) electrons. The van der Waals surface area contributed by atoms with Gasteiger partial charge in [-0.25, -0.2) is 13.6 Å². The molecule has 108 valence electrons. The minimum atomic E-state index is -2.71. The summed E-state index contributed by atoms with van der Waals surface area (Å²) in [6, 6.07) is -0.648. The predicted molar refractivity (Wildman–Crippen MR) is 67.4 cm³/mol. The molecule has 0 aliphatic carbocycles. The van der Waals surface area contributed by atoms with E-state index < -0.39 is 23.6 Å². The van der Waals surface area contributed by atoms with Crippen LogP contribution < -0.4 is 5.32 Å². The minimum Gasteiger partial charge on any atom is -0.392 e. The Morgan fingerprint density at radius 2 is 2.05 bits per heavy atom. The van der Waals surface area contributed by atoms with Gasteiger partial charge in [0.05, 0.1) is 6.10 Å². The maximum Gasteiger partial charge on any atom is 0.324 e. The molecular formula is C10H16F2N4O2S. The van der Waals surface area contributed by atoms with Crippen LogP contribution in [0, 0.1) is 0 Å². The molecule has 0 aliphatic heterocycles. The van der Waals surface area contributed by atoms with Gasteiger partial charge in [-0.1, -0.05) is 11.3 Å². The molecule has 1 aromatic heterocycles. The van der Waals surface area contributed by atoms with E-state index in [2.05, 4.69) is 15.5 Å². The van der Waals surface area contributed by atoms with E-state index >= 15 is 0 Å². The Morgan fingerprint density at radius 3 is 2.47 bits per heavy atom. The molecule has 2 N–H and O–H groups in total. The number of aliphatic hydroxyl groups is 1. The van der Waals surface area contributed by atoms with E-state index in [4.69, 9.17) is 0 Å². The molecule has 0 aliphatic rings. The second-order valence-electron chi connectivity index (χ2n) is 4.27. The first-order valence-corrected chi connectivity index (χ1v) is 6.50. The smallest absolute Gasteiger partial charge is 0.324 e. The van der Waals surface area contributed by atoms with Crippen LogP contribution in [0.25, 0.3) is 0 Å². The number of halogens is 2. The number of nitrogens with zero attached hydrogens (tertiary/aromatic N) is 3. The number of aliphatic hydroxyl groups excluding tert-OH is 1. The monoisotopic (exact) mass is 294 g/mol. The Morgan fingerprint density at radius 1 is 1.42 bits per heavy atom. The van der Waals surface area contributed by atoms with Gasteiger partial charge in [-0.2, -0.15) is 0 Å². The van der Waals surface area contributed by atoms with Crippen molar-refractivity contribution < 1.29 is 18.7 Å². The lowest BCUT2D eigenvalue weighted by atomic mass is 10.3. The highest BCUT2D eigenvalue weighted by Crippen LogP contribution is 2.25. The predicted octanol–water partition coefficient (Wildman–Crippen LogP) is 2.10. The number of rotatable bonds is 5. The van der Waals surface area contributed by atoms with Crippen molar-refractivity contribution in [1.29, 1.82) is 0 Å². The Bertz CT molecular complexity index is 425. The standard InChI is InChI=1S/C10H16F2N4O2S/c1-5(2)16(4-6(3)17)10(18)13-9-15-14-8(19-9)7(11)12/h5-7,17H,4H2,1-3H3,(H,13,15,18). The largest absolute Gasteiger partial charge is 0.392 e. The van der Waals surface area contributed by atoms with E-state index in [9.17, 15) is 18.7 Å². The highest BCUT2D eigenvalue weighted by molar-refractivity contribution is 7.15. The summed E-state index contributed by atoms with van der Waals surface area (Å²) in [5.41, 5.74) is 0. The van der Waals surface area contributed by atoms with Gasteiger partial charge in [0.25, 0.3) is 6.43 Å². The van der Waals surface area contributed by atoms with Gasteiger partial charge in [-0.05, 0) is 20.8 Å². The average molecular weight is 294 g/mol. The number of alkyl halides is 2. The number of urea groups is 1. The first-order valence-electron chi connectivity index (χ1n) is 5.68. The van der Waals surface area contributed by atoms with E-state index in [1.807, 2.05) is 0 Å². The molecule has 0 saturated carbocycles. The van der Waals surface area contributed by atoms with Gasteiger partial charge in [0, 0.05) is 12.6 Å². The normalized spacial score (nSPS) is 12.8. The molecule has 1 atom stereocenters. The first-order chi connectivity index (χ1) is 8.81. The van der Waals surface area contributed by atoms with Crippen molar-refractivity contribution in [2.75, 3.05) is 11.9 Å². The van der Waals surface area contributed by atoms with Crippen molar-refractivity contribution in [1.82, 2.24) is 15.1 Å². The van der Waals surface area contributed by atoms with Crippen LogP contribution in [0.2, 0.25) is 0 Å². The molecule has 1 unspecified atom stereocenters. The quantitative estimate of drug-likeness (QED) is 0.871. The molecule has 9 heteroatoms. The van der Waals surface area contributed by atoms with Crippen LogP contribution in [-0.2, 0) is 0 Å². The zero-order valence-electron chi connectivity index (χ0n) is 10.8. The van der Waals surface area contributed by atoms with Crippen LogP contribution in [0.5, 0.6) is 0 Å². The molecule has 1 heterocycles. The summed E-state index contributed by atoms with van der Waals surface area (Å²) in [6.45, 7) is 5.27. The number of hydrogen-bond acceptors (Lipinski definition) is 5. The fourth-order valence-electron chi connectivity index (χ4n) is 1.35. The summed E-state index contributed by atoms with van der Waals surface area (Å²) >= 11 is 0.624. The summed E-state index contributed by atoms with van der Waals surface area (Å²) in [6.07, 6.45) is -3.39. The number of carbonyl (C=O) groups excluding carboxylic acids is 1. The van der Waals surface area contributed by atoms with Crippen molar-refractivity contribution in [3.05, 3.63) is 5.01 Å². The number of anilines is 1. The molecule has 0 aromatic carbocycles. The second kappa shape index (κ2) is 6.71. The zero-order chi connectivity index (χ0) is 14.6. The third kappa shape index (κ3) is 4.67. The molecule has 0 fully saturated rings. The number of hydrogen-bond donors (Lipinski definition) is 2. The van der Waals surface area contributed by atoms with Crippen LogP contribution >= 0.6 is 11.3 Å². The summed E-state index contributed by atoms with van der Waals surface area (Å²) in [7, 11) is 0. The zero-order valence-corrected chi connectivity index (χ0v) is 11.6. The van der Waals surface area contributed by atoms with Gasteiger partial charge in [0.15, 0.2) is 5.01 Å². The molecular weight excluding hydrogens is 278 g/mol. The first kappa shape index (κ1) is 15.7. The fraction of sp³-hybridized carbons (Fsp3) is 0.700. The highest BCUT2D eigenvalue weighted by atomic mass is 32.1. The van der Waals surface area contributed by atoms with Crippen molar-refractivity contribution in [2.45, 2.75) is 39.3 Å². The SMILES string of the molecule is CC(O)CN(C(=O)Nc1nnc(C(F)F)s1)C(C)C. The van der Waals surface area contributed by atoms with Crippen molar-refractivity contribution in [3.63, 3.8) is 0 Å². The molecule has 6 nitrogen and oxygen atoms in total. The second-order valence-corrected chi connectivity index (χ2v) is 5.28. The summed E-state index contributed by atoms with van der Waals surface area (Å²) in [5.74, 6) is 0. The van der Waals surface area contributed by atoms with Gasteiger partial charge >= 0.3 is 6.03 Å². The highest BCUT2D eigenvalue weighted by Gasteiger charge is 2.21. The van der Waals surface area contributed by atoms with E-state index in [0.717, 1.165) is 0 Å². The molecule has 0 bridgehead atoms. The molecule has 19 heavy (non-hydrogen) atoms. The lowest BCUT2D eigenvalue weighted by molar-refractivity contribution is 0.125. The van der Waals surface area contributed by atoms with E-state index in [-0.39, 0.29) is 17.7 Å². The molecule has 0 saturated heterocycles. The van der Waals surface area contributed by atoms with Crippen LogP contribution in [0.4, 0.5) is 18.7 Å². The van der Waals surface area contributed by atoms with Gasteiger partial charge in [0.2, 0.25) is 5.13 Å². The summed E-state index contributed by atoms with van der Waals surface area (Å²) in [5, 5.41) is 18.0. The number of aromatic nitrogens is 2. The van der Waals surface area contributed by atoms with E-state index in [1.54, 1.807) is 20.8 Å². The maximum absolute atomic E-state index is 12.3. The molecule has 2 amide bonds. The Hall–Kier alpha value is -1.35. The average Bonchev–Trinajstić information content (AvgIpc) is 2.73. The van der Waals surface area contributed by atoms with Gasteiger partial charge < -0.3 is 10.0 Å². The summed E-state index contributed by atoms with van der Waals surface area (Å²) < 4.78 is 24.7. The van der Waals surface area contributed by atoms with Crippen LogP contribution in [0.1, 0.15) is 32.2 Å². The van der Waals surface area contributed by atoms with E-state index in [0.29, 0.717) is 11.3 Å². The van der Waals surface area contributed by atoms with Gasteiger partial charge in [-0.15, -0.1) is 10.2 Å². The topological polar surface area (TPSA) is 78.4 Å². The van der Waals surface area contributed by atoms with E-state index in [1.165, 1.54) is 4.90 Å². The third-order valence-electron chi connectivity index (χ3n) is 2.19. The third-order valence-corrected chi connectivity index (χ3v) is 3.03. The van der Waals surface area contributed by atoms with Crippen LogP contribution in [-0.4, -0.2) is 44.9 Å². The minimum absolute atomic E-state index is 0.0107. The van der Waals surface area contributed by atoms with Crippen molar-refractivity contribution in [2.24, 2.45) is 0 Å². The molecule has 1 aromatic rings. The Balaban J connectivity index is 2.70. The Labute approximate surface area is 113 Å². The number of amides is 2. The summed E-state index contributed by atoms with van der Waals surface area (Å²) in [4.78, 5) is 13.3. The van der Waals surface area contributed by atoms with Gasteiger partial charge in [0.1, 0.15) is 0 Å². The van der Waals surface area contributed by atoms with Gasteiger partial charge in [-0.3, -0.25) is 5.32 Å². The van der Waals surface area contributed by atoms with Crippen LogP contribution in [0.3, 0.4) is 0 Å². The molecule has 0 spiro atoms. The fourth-order valence-corrected chi connectivity index (χ4v) is 1.94. The lowest BCUT2D eigenvalue weighted by Crippen LogP contribution is -2.43. The maximum atomic E-state index is 12.3. The number of carbonyl (C=O) groups is 1. The van der Waals surface area contributed by atoms with Crippen molar-refractivity contribution >= 4 is 22.5 Å². The Kier molecular flexibility index (Phi) is 5.55. The van der Waals surface area contributed by atoms with Crippen molar-refractivity contribution in [3.8, 4) is 0 Å². The lowest BCUT2D eigenvalue weighted by Gasteiger charge is -2.27. The molecule has 1 rings (SSSR count). The van der Waals surface area contributed by atoms with Crippen LogP contribution in [0.15, 0.2) is 0 Å².